The van der Waals surface area contributed by atoms with E-state index in [1.54, 1.807) is 12.5 Å². The number of rotatable bonds is 8. The van der Waals surface area contributed by atoms with Gasteiger partial charge in [0, 0.05) is 12.1 Å². The highest BCUT2D eigenvalue weighted by molar-refractivity contribution is 5.04. The van der Waals surface area contributed by atoms with Crippen LogP contribution in [0.1, 0.15) is 31.7 Å². The first-order valence-corrected chi connectivity index (χ1v) is 5.69. The van der Waals surface area contributed by atoms with Crippen molar-refractivity contribution in [3.05, 3.63) is 36.8 Å². The van der Waals surface area contributed by atoms with Crippen molar-refractivity contribution in [2.24, 2.45) is 5.92 Å². The standard InChI is InChI=1S/C13H21NO/c1-3-5-12(4-2)6-8-14-10-13-7-9-15-11-13/h3,7,9,11-12,14H,1,4-6,8,10H2,2H3. The van der Waals surface area contributed by atoms with Crippen LogP contribution in [-0.2, 0) is 6.54 Å². The van der Waals surface area contributed by atoms with Crippen molar-refractivity contribution in [1.82, 2.24) is 5.32 Å². The Kier molecular flexibility index (Phi) is 5.86. The van der Waals surface area contributed by atoms with Crippen LogP contribution in [0.4, 0.5) is 0 Å². The normalized spacial score (nSPS) is 12.6. The lowest BCUT2D eigenvalue weighted by molar-refractivity contribution is 0.455. The van der Waals surface area contributed by atoms with E-state index < -0.39 is 0 Å². The molecule has 0 aromatic carbocycles. The molecule has 0 fully saturated rings. The van der Waals surface area contributed by atoms with E-state index in [1.807, 2.05) is 12.1 Å². The number of hydrogen-bond acceptors (Lipinski definition) is 2. The fourth-order valence-corrected chi connectivity index (χ4v) is 1.66. The third-order valence-corrected chi connectivity index (χ3v) is 2.72. The molecule has 1 unspecified atom stereocenters. The summed E-state index contributed by atoms with van der Waals surface area (Å²) in [6.45, 7) is 8.00. The van der Waals surface area contributed by atoms with Crippen molar-refractivity contribution in [2.75, 3.05) is 6.54 Å². The molecule has 15 heavy (non-hydrogen) atoms. The first-order valence-electron chi connectivity index (χ1n) is 5.69. The average Bonchev–Trinajstić information content (AvgIpc) is 2.75. The maximum Gasteiger partial charge on any atom is 0.0947 e. The topological polar surface area (TPSA) is 25.2 Å². The van der Waals surface area contributed by atoms with E-state index in [0.717, 1.165) is 25.4 Å². The van der Waals surface area contributed by atoms with Gasteiger partial charge in [-0.3, -0.25) is 0 Å². The molecule has 0 amide bonds. The van der Waals surface area contributed by atoms with Crippen molar-refractivity contribution < 1.29 is 4.42 Å². The van der Waals surface area contributed by atoms with Crippen LogP contribution in [0.5, 0.6) is 0 Å². The summed E-state index contributed by atoms with van der Waals surface area (Å²) < 4.78 is 5.00. The van der Waals surface area contributed by atoms with Gasteiger partial charge in [0.15, 0.2) is 0 Å². The van der Waals surface area contributed by atoms with E-state index in [1.165, 1.54) is 18.4 Å². The summed E-state index contributed by atoms with van der Waals surface area (Å²) in [5.74, 6) is 0.777. The van der Waals surface area contributed by atoms with Gasteiger partial charge in [-0.15, -0.1) is 6.58 Å². The Bertz CT molecular complexity index is 254. The van der Waals surface area contributed by atoms with Crippen LogP contribution in [0.15, 0.2) is 35.7 Å². The zero-order chi connectivity index (χ0) is 10.9. The molecule has 1 aromatic rings. The Morgan fingerprint density at radius 3 is 3.07 bits per heavy atom. The van der Waals surface area contributed by atoms with E-state index >= 15 is 0 Å². The Hall–Kier alpha value is -1.02. The number of allylic oxidation sites excluding steroid dienone is 1. The van der Waals surface area contributed by atoms with Gasteiger partial charge >= 0.3 is 0 Å². The smallest absolute Gasteiger partial charge is 0.0947 e. The molecule has 0 aliphatic heterocycles. The van der Waals surface area contributed by atoms with Gasteiger partial charge in [-0.1, -0.05) is 19.4 Å². The molecule has 1 aromatic heterocycles. The van der Waals surface area contributed by atoms with Gasteiger partial charge in [-0.25, -0.2) is 0 Å². The molecule has 2 heteroatoms. The highest BCUT2D eigenvalue weighted by atomic mass is 16.3. The minimum Gasteiger partial charge on any atom is -0.472 e. The molecule has 0 bridgehead atoms. The first-order chi connectivity index (χ1) is 7.36. The lowest BCUT2D eigenvalue weighted by Crippen LogP contribution is -2.17. The predicted octanol–water partition coefficient (Wildman–Crippen LogP) is 3.36. The summed E-state index contributed by atoms with van der Waals surface area (Å²) in [5.41, 5.74) is 1.21. The van der Waals surface area contributed by atoms with E-state index in [0.29, 0.717) is 0 Å². The minimum atomic E-state index is 0.777. The Morgan fingerprint density at radius 1 is 1.60 bits per heavy atom. The summed E-state index contributed by atoms with van der Waals surface area (Å²) in [6.07, 6.45) is 9.10. The van der Waals surface area contributed by atoms with Crippen LogP contribution in [0.2, 0.25) is 0 Å². The third-order valence-electron chi connectivity index (χ3n) is 2.72. The lowest BCUT2D eigenvalue weighted by Gasteiger charge is -2.12. The Morgan fingerprint density at radius 2 is 2.47 bits per heavy atom. The molecule has 0 aliphatic rings. The maximum absolute atomic E-state index is 5.00. The quantitative estimate of drug-likeness (QED) is 0.522. The van der Waals surface area contributed by atoms with Crippen molar-refractivity contribution >= 4 is 0 Å². The van der Waals surface area contributed by atoms with Crippen LogP contribution in [0.3, 0.4) is 0 Å². The first kappa shape index (κ1) is 12.1. The molecule has 84 valence electrons. The number of nitrogens with one attached hydrogen (secondary N) is 1. The van der Waals surface area contributed by atoms with Gasteiger partial charge in [0.25, 0.3) is 0 Å². The van der Waals surface area contributed by atoms with E-state index in [2.05, 4.69) is 18.8 Å². The molecule has 1 atom stereocenters. The molecule has 0 saturated heterocycles. The molecule has 0 saturated carbocycles. The SMILES string of the molecule is C=CCC(CC)CCNCc1ccoc1. The fourth-order valence-electron chi connectivity index (χ4n) is 1.66. The molecule has 0 aliphatic carbocycles. The van der Waals surface area contributed by atoms with E-state index in [9.17, 15) is 0 Å². The number of hydrogen-bond donors (Lipinski definition) is 1. The van der Waals surface area contributed by atoms with Gasteiger partial charge in [0.2, 0.25) is 0 Å². The monoisotopic (exact) mass is 207 g/mol. The van der Waals surface area contributed by atoms with Crippen LogP contribution < -0.4 is 5.32 Å². The summed E-state index contributed by atoms with van der Waals surface area (Å²) in [5, 5.41) is 3.42. The van der Waals surface area contributed by atoms with Crippen molar-refractivity contribution in [2.45, 2.75) is 32.7 Å². The zero-order valence-corrected chi connectivity index (χ0v) is 9.54. The molecule has 1 heterocycles. The van der Waals surface area contributed by atoms with Gasteiger partial charge in [-0.05, 0) is 31.4 Å². The van der Waals surface area contributed by atoms with Crippen LogP contribution in [-0.4, -0.2) is 6.54 Å². The average molecular weight is 207 g/mol. The largest absolute Gasteiger partial charge is 0.472 e. The third kappa shape index (κ3) is 4.84. The molecule has 0 radical (unpaired) electrons. The maximum atomic E-state index is 5.00. The highest BCUT2D eigenvalue weighted by Crippen LogP contribution is 2.12. The second kappa shape index (κ2) is 7.30. The Labute approximate surface area is 92.4 Å². The molecular weight excluding hydrogens is 186 g/mol. The molecule has 2 nitrogen and oxygen atoms in total. The molecule has 1 rings (SSSR count). The number of furan rings is 1. The van der Waals surface area contributed by atoms with Crippen molar-refractivity contribution in [3.63, 3.8) is 0 Å². The van der Waals surface area contributed by atoms with Gasteiger partial charge in [0.1, 0.15) is 0 Å². The van der Waals surface area contributed by atoms with Crippen LogP contribution in [0, 0.1) is 5.92 Å². The van der Waals surface area contributed by atoms with Crippen molar-refractivity contribution in [1.29, 1.82) is 0 Å². The lowest BCUT2D eigenvalue weighted by atomic mass is 9.99. The van der Waals surface area contributed by atoms with Gasteiger partial charge in [0.05, 0.1) is 12.5 Å². The highest BCUT2D eigenvalue weighted by Gasteiger charge is 2.03. The molecule has 0 spiro atoms. The summed E-state index contributed by atoms with van der Waals surface area (Å²) >= 11 is 0. The second-order valence-electron chi connectivity index (χ2n) is 3.90. The Balaban J connectivity index is 2.07. The summed E-state index contributed by atoms with van der Waals surface area (Å²) in [4.78, 5) is 0. The molecule has 1 N–H and O–H groups in total. The van der Waals surface area contributed by atoms with Gasteiger partial charge < -0.3 is 9.73 Å². The second-order valence-corrected chi connectivity index (χ2v) is 3.90. The zero-order valence-electron chi connectivity index (χ0n) is 9.54. The van der Waals surface area contributed by atoms with E-state index in [4.69, 9.17) is 4.42 Å². The fraction of sp³-hybridized carbons (Fsp3) is 0.538. The van der Waals surface area contributed by atoms with Gasteiger partial charge in [-0.2, -0.15) is 0 Å². The molecular formula is C13H21NO. The minimum absolute atomic E-state index is 0.777. The predicted molar refractivity (Wildman–Crippen MR) is 63.6 cm³/mol. The van der Waals surface area contributed by atoms with Crippen LogP contribution in [0.25, 0.3) is 0 Å². The van der Waals surface area contributed by atoms with Crippen LogP contribution >= 0.6 is 0 Å². The summed E-state index contributed by atoms with van der Waals surface area (Å²) in [7, 11) is 0. The van der Waals surface area contributed by atoms with E-state index in [-0.39, 0.29) is 0 Å². The summed E-state index contributed by atoms with van der Waals surface area (Å²) in [6, 6.07) is 1.99. The van der Waals surface area contributed by atoms with Crippen molar-refractivity contribution in [3.8, 4) is 0 Å².